The molecule has 2 rings (SSSR count). The van der Waals surface area contributed by atoms with Crippen LogP contribution in [0.3, 0.4) is 0 Å². The lowest BCUT2D eigenvalue weighted by Crippen LogP contribution is -2.14. The van der Waals surface area contributed by atoms with Crippen LogP contribution in [-0.2, 0) is 16.4 Å². The normalized spacial score (nSPS) is 11.2. The van der Waals surface area contributed by atoms with Gasteiger partial charge in [0.15, 0.2) is 0 Å². The van der Waals surface area contributed by atoms with E-state index in [9.17, 15) is 8.42 Å². The van der Waals surface area contributed by atoms with Crippen LogP contribution in [0.4, 0.5) is 11.4 Å². The van der Waals surface area contributed by atoms with E-state index in [2.05, 4.69) is 4.72 Å². The summed E-state index contributed by atoms with van der Waals surface area (Å²) in [5, 5.41) is 0. The van der Waals surface area contributed by atoms with Crippen LogP contribution in [0.5, 0.6) is 0 Å². The van der Waals surface area contributed by atoms with Crippen molar-refractivity contribution < 1.29 is 8.42 Å². The number of hydrogen-bond acceptors (Lipinski definition) is 3. The SMILES string of the molecule is CCc1cccc(NS(=O)(=O)c2ccccc2N)c1. The summed E-state index contributed by atoms with van der Waals surface area (Å²) in [6.07, 6.45) is 0.850. The fourth-order valence-corrected chi connectivity index (χ4v) is 2.97. The van der Waals surface area contributed by atoms with Crippen molar-refractivity contribution in [3.63, 3.8) is 0 Å². The van der Waals surface area contributed by atoms with Gasteiger partial charge in [0, 0.05) is 5.69 Å². The maximum Gasteiger partial charge on any atom is 0.263 e. The summed E-state index contributed by atoms with van der Waals surface area (Å²) >= 11 is 0. The summed E-state index contributed by atoms with van der Waals surface area (Å²) in [6, 6.07) is 13.7. The number of aryl methyl sites for hydroxylation is 1. The molecule has 5 heteroatoms. The van der Waals surface area contributed by atoms with Crippen LogP contribution < -0.4 is 10.5 Å². The molecule has 2 aromatic rings. The van der Waals surface area contributed by atoms with Gasteiger partial charge in [0.25, 0.3) is 10.0 Å². The van der Waals surface area contributed by atoms with Crippen molar-refractivity contribution in [2.24, 2.45) is 0 Å². The minimum atomic E-state index is -3.64. The van der Waals surface area contributed by atoms with Gasteiger partial charge in [-0.1, -0.05) is 31.2 Å². The van der Waals surface area contributed by atoms with E-state index >= 15 is 0 Å². The number of nitrogens with two attached hydrogens (primary N) is 1. The van der Waals surface area contributed by atoms with Gasteiger partial charge in [-0.3, -0.25) is 4.72 Å². The van der Waals surface area contributed by atoms with E-state index in [1.807, 2.05) is 25.1 Å². The summed E-state index contributed by atoms with van der Waals surface area (Å²) in [6.45, 7) is 2.02. The number of nitrogen functional groups attached to an aromatic ring is 1. The maximum absolute atomic E-state index is 12.2. The molecule has 0 heterocycles. The Balaban J connectivity index is 2.34. The first-order valence-corrected chi connectivity index (χ1v) is 7.47. The monoisotopic (exact) mass is 276 g/mol. The molecule has 4 nitrogen and oxygen atoms in total. The number of sulfonamides is 1. The van der Waals surface area contributed by atoms with Crippen LogP contribution in [0.15, 0.2) is 53.4 Å². The number of rotatable bonds is 4. The summed E-state index contributed by atoms with van der Waals surface area (Å²) in [5.74, 6) is 0. The third-order valence-electron chi connectivity index (χ3n) is 2.80. The second-order valence-corrected chi connectivity index (χ2v) is 5.85. The summed E-state index contributed by atoms with van der Waals surface area (Å²) in [7, 11) is -3.64. The number of benzene rings is 2. The number of anilines is 2. The van der Waals surface area contributed by atoms with Gasteiger partial charge in [0.1, 0.15) is 4.90 Å². The Morgan fingerprint density at radius 1 is 1.11 bits per heavy atom. The van der Waals surface area contributed by atoms with Crippen molar-refractivity contribution in [2.75, 3.05) is 10.5 Å². The molecule has 0 fully saturated rings. The van der Waals surface area contributed by atoms with Crippen LogP contribution >= 0.6 is 0 Å². The van der Waals surface area contributed by atoms with Crippen molar-refractivity contribution in [1.29, 1.82) is 0 Å². The predicted octanol–water partition coefficient (Wildman–Crippen LogP) is 2.63. The van der Waals surface area contributed by atoms with Crippen LogP contribution in [0.1, 0.15) is 12.5 Å². The second kappa shape index (κ2) is 5.32. The molecule has 0 atom stereocenters. The maximum atomic E-state index is 12.2. The smallest absolute Gasteiger partial charge is 0.263 e. The summed E-state index contributed by atoms with van der Waals surface area (Å²) in [4.78, 5) is 0.0944. The highest BCUT2D eigenvalue weighted by Gasteiger charge is 2.16. The highest BCUT2D eigenvalue weighted by molar-refractivity contribution is 7.92. The van der Waals surface area contributed by atoms with E-state index in [0.717, 1.165) is 12.0 Å². The lowest BCUT2D eigenvalue weighted by atomic mass is 10.1. The number of nitrogens with one attached hydrogen (secondary N) is 1. The standard InChI is InChI=1S/C14H16N2O2S/c1-2-11-6-5-7-12(10-11)16-19(17,18)14-9-4-3-8-13(14)15/h3-10,16H,2,15H2,1H3. The van der Waals surface area contributed by atoms with Crippen LogP contribution in [0, 0.1) is 0 Å². The van der Waals surface area contributed by atoms with Gasteiger partial charge in [0.05, 0.1) is 5.69 Å². The molecule has 0 bridgehead atoms. The Bertz CT molecular complexity index is 681. The molecule has 2 aromatic carbocycles. The molecule has 3 N–H and O–H groups in total. The number of para-hydroxylation sites is 1. The van der Waals surface area contributed by atoms with Crippen molar-refractivity contribution in [2.45, 2.75) is 18.2 Å². The molecule has 0 saturated carbocycles. The molecule has 0 aliphatic carbocycles. The Labute approximate surface area is 113 Å². The van der Waals surface area contributed by atoms with Gasteiger partial charge in [-0.2, -0.15) is 0 Å². The Morgan fingerprint density at radius 3 is 2.53 bits per heavy atom. The largest absolute Gasteiger partial charge is 0.398 e. The zero-order valence-corrected chi connectivity index (χ0v) is 11.4. The highest BCUT2D eigenvalue weighted by atomic mass is 32.2. The van der Waals surface area contributed by atoms with Crippen molar-refractivity contribution in [1.82, 2.24) is 0 Å². The fraction of sp³-hybridized carbons (Fsp3) is 0.143. The third-order valence-corrected chi connectivity index (χ3v) is 4.25. The van der Waals surface area contributed by atoms with E-state index in [4.69, 9.17) is 5.73 Å². The van der Waals surface area contributed by atoms with Gasteiger partial charge >= 0.3 is 0 Å². The van der Waals surface area contributed by atoms with E-state index < -0.39 is 10.0 Å². The molecule has 0 unspecified atom stereocenters. The average Bonchev–Trinajstić information content (AvgIpc) is 2.38. The molecular formula is C14H16N2O2S. The van der Waals surface area contributed by atoms with Crippen LogP contribution in [0.2, 0.25) is 0 Å². The average molecular weight is 276 g/mol. The van der Waals surface area contributed by atoms with Gasteiger partial charge in [-0.05, 0) is 36.2 Å². The van der Waals surface area contributed by atoms with Gasteiger partial charge in [-0.15, -0.1) is 0 Å². The Hall–Kier alpha value is -2.01. The fourth-order valence-electron chi connectivity index (χ4n) is 1.79. The zero-order chi connectivity index (χ0) is 13.9. The molecule has 0 amide bonds. The molecule has 19 heavy (non-hydrogen) atoms. The summed E-state index contributed by atoms with van der Waals surface area (Å²) < 4.78 is 27.0. The molecule has 100 valence electrons. The van der Waals surface area contributed by atoms with E-state index in [1.54, 1.807) is 24.3 Å². The molecule has 0 saturated heterocycles. The summed E-state index contributed by atoms with van der Waals surface area (Å²) in [5.41, 5.74) is 7.55. The first-order chi connectivity index (χ1) is 9.03. The lowest BCUT2D eigenvalue weighted by Gasteiger charge is -2.10. The van der Waals surface area contributed by atoms with E-state index in [-0.39, 0.29) is 10.6 Å². The van der Waals surface area contributed by atoms with Crippen molar-refractivity contribution >= 4 is 21.4 Å². The molecule has 0 radical (unpaired) electrons. The zero-order valence-electron chi connectivity index (χ0n) is 10.6. The quantitative estimate of drug-likeness (QED) is 0.843. The van der Waals surface area contributed by atoms with Gasteiger partial charge in [-0.25, -0.2) is 8.42 Å². The molecule has 0 aliphatic rings. The molecule has 0 aliphatic heterocycles. The lowest BCUT2D eigenvalue weighted by molar-refractivity contribution is 0.601. The van der Waals surface area contributed by atoms with Crippen LogP contribution in [-0.4, -0.2) is 8.42 Å². The highest BCUT2D eigenvalue weighted by Crippen LogP contribution is 2.21. The van der Waals surface area contributed by atoms with Crippen LogP contribution in [0.25, 0.3) is 0 Å². The van der Waals surface area contributed by atoms with Crippen molar-refractivity contribution in [3.05, 3.63) is 54.1 Å². The minimum absolute atomic E-state index is 0.0944. The molecular weight excluding hydrogens is 260 g/mol. The topological polar surface area (TPSA) is 72.2 Å². The molecule has 0 spiro atoms. The Kier molecular flexibility index (Phi) is 3.76. The predicted molar refractivity (Wildman–Crippen MR) is 77.5 cm³/mol. The van der Waals surface area contributed by atoms with Crippen molar-refractivity contribution in [3.8, 4) is 0 Å². The first-order valence-electron chi connectivity index (χ1n) is 5.99. The van der Waals surface area contributed by atoms with E-state index in [1.165, 1.54) is 6.07 Å². The minimum Gasteiger partial charge on any atom is -0.398 e. The Morgan fingerprint density at radius 2 is 1.84 bits per heavy atom. The first kappa shape index (κ1) is 13.4. The second-order valence-electron chi connectivity index (χ2n) is 4.20. The third kappa shape index (κ3) is 3.06. The van der Waals surface area contributed by atoms with Gasteiger partial charge in [0.2, 0.25) is 0 Å². The number of hydrogen-bond donors (Lipinski definition) is 2. The molecule has 0 aromatic heterocycles. The van der Waals surface area contributed by atoms with Gasteiger partial charge < -0.3 is 5.73 Å². The van der Waals surface area contributed by atoms with E-state index in [0.29, 0.717) is 5.69 Å².